The van der Waals surface area contributed by atoms with Gasteiger partial charge in [-0.15, -0.1) is 11.3 Å². The van der Waals surface area contributed by atoms with Crippen molar-refractivity contribution in [1.29, 1.82) is 0 Å². The molecule has 1 amide bonds. The number of nitrogens with zero attached hydrogens (tertiary/aromatic N) is 1. The summed E-state index contributed by atoms with van der Waals surface area (Å²) >= 11 is 1.25. The van der Waals surface area contributed by atoms with Crippen LogP contribution in [0.3, 0.4) is 0 Å². The minimum atomic E-state index is -3.52. The highest BCUT2D eigenvalue weighted by atomic mass is 32.2. The van der Waals surface area contributed by atoms with Gasteiger partial charge in [0.15, 0.2) is 0 Å². The number of amides is 1. The van der Waals surface area contributed by atoms with Crippen LogP contribution in [0.5, 0.6) is 0 Å². The summed E-state index contributed by atoms with van der Waals surface area (Å²) in [6.07, 6.45) is 1.08. The minimum Gasteiger partial charge on any atom is -0.349 e. The lowest BCUT2D eigenvalue weighted by atomic mass is 10.1. The van der Waals surface area contributed by atoms with Gasteiger partial charge in [0.25, 0.3) is 5.91 Å². The number of hydrogen-bond acceptors (Lipinski definition) is 4. The molecule has 152 valence electrons. The summed E-state index contributed by atoms with van der Waals surface area (Å²) in [4.78, 5) is 13.3. The zero-order valence-electron chi connectivity index (χ0n) is 15.9. The summed E-state index contributed by atoms with van der Waals surface area (Å²) in [5.74, 6) is -0.585. The Labute approximate surface area is 173 Å². The van der Waals surface area contributed by atoms with Crippen molar-refractivity contribution in [2.45, 2.75) is 30.7 Å². The number of rotatable bonds is 4. The number of thiophene rings is 1. The van der Waals surface area contributed by atoms with Gasteiger partial charge >= 0.3 is 0 Å². The number of benzene rings is 2. The highest BCUT2D eigenvalue weighted by Gasteiger charge is 2.30. The maximum atomic E-state index is 13.9. The van der Waals surface area contributed by atoms with Crippen molar-refractivity contribution >= 4 is 37.4 Å². The molecule has 0 aliphatic carbocycles. The number of piperidine rings is 1. The highest BCUT2D eigenvalue weighted by Crippen LogP contribution is 2.28. The molecule has 1 fully saturated rings. The van der Waals surface area contributed by atoms with Crippen molar-refractivity contribution in [2.24, 2.45) is 0 Å². The van der Waals surface area contributed by atoms with E-state index in [-0.39, 0.29) is 22.7 Å². The first-order valence-electron chi connectivity index (χ1n) is 9.40. The van der Waals surface area contributed by atoms with Crippen LogP contribution in [0.1, 0.15) is 28.1 Å². The Kier molecular flexibility index (Phi) is 5.42. The molecule has 5 nitrogen and oxygen atoms in total. The third kappa shape index (κ3) is 4.05. The minimum absolute atomic E-state index is 0.109. The molecule has 8 heteroatoms. The number of aryl methyl sites for hydroxylation is 1. The van der Waals surface area contributed by atoms with Crippen LogP contribution >= 0.6 is 11.3 Å². The Morgan fingerprint density at radius 2 is 1.83 bits per heavy atom. The van der Waals surface area contributed by atoms with Gasteiger partial charge in [-0.3, -0.25) is 4.79 Å². The lowest BCUT2D eigenvalue weighted by molar-refractivity contribution is 0.0928. The molecular weight excluding hydrogens is 411 g/mol. The van der Waals surface area contributed by atoms with Crippen LogP contribution in [-0.2, 0) is 10.0 Å². The second-order valence-corrected chi connectivity index (χ2v) is 10.2. The summed E-state index contributed by atoms with van der Waals surface area (Å²) in [5.41, 5.74) is 1.01. The van der Waals surface area contributed by atoms with E-state index in [0.717, 1.165) is 10.3 Å². The summed E-state index contributed by atoms with van der Waals surface area (Å²) < 4.78 is 41.6. The topological polar surface area (TPSA) is 66.5 Å². The number of fused-ring (bicyclic) bond motifs is 1. The Morgan fingerprint density at radius 1 is 1.14 bits per heavy atom. The molecule has 1 aliphatic heterocycles. The van der Waals surface area contributed by atoms with Crippen LogP contribution in [0.15, 0.2) is 53.4 Å². The normalized spacial score (nSPS) is 16.2. The van der Waals surface area contributed by atoms with Gasteiger partial charge in [-0.1, -0.05) is 23.8 Å². The van der Waals surface area contributed by atoms with E-state index in [1.165, 1.54) is 21.7 Å². The van der Waals surface area contributed by atoms with Crippen molar-refractivity contribution in [3.63, 3.8) is 0 Å². The molecule has 0 saturated carbocycles. The van der Waals surface area contributed by atoms with E-state index in [2.05, 4.69) is 5.32 Å². The van der Waals surface area contributed by atoms with Gasteiger partial charge in [0.1, 0.15) is 5.82 Å². The van der Waals surface area contributed by atoms with Gasteiger partial charge < -0.3 is 5.32 Å². The van der Waals surface area contributed by atoms with Crippen LogP contribution < -0.4 is 5.32 Å². The van der Waals surface area contributed by atoms with Gasteiger partial charge in [0.2, 0.25) is 10.0 Å². The molecule has 4 rings (SSSR count). The molecule has 1 aliphatic rings. The fourth-order valence-electron chi connectivity index (χ4n) is 3.49. The van der Waals surface area contributed by atoms with Crippen molar-refractivity contribution < 1.29 is 17.6 Å². The van der Waals surface area contributed by atoms with E-state index in [1.54, 1.807) is 42.5 Å². The monoisotopic (exact) mass is 432 g/mol. The fraction of sp³-hybridized carbons (Fsp3) is 0.286. The maximum absolute atomic E-state index is 13.9. The van der Waals surface area contributed by atoms with Gasteiger partial charge in [-0.2, -0.15) is 4.31 Å². The number of hydrogen-bond donors (Lipinski definition) is 1. The number of sulfonamides is 1. The summed E-state index contributed by atoms with van der Waals surface area (Å²) in [5, 5.41) is 3.41. The first-order chi connectivity index (χ1) is 13.8. The predicted octanol–water partition coefficient (Wildman–Crippen LogP) is 3.93. The number of carbonyl (C=O) groups is 1. The molecule has 29 heavy (non-hydrogen) atoms. The Morgan fingerprint density at radius 3 is 2.48 bits per heavy atom. The van der Waals surface area contributed by atoms with E-state index in [0.29, 0.717) is 36.2 Å². The van der Waals surface area contributed by atoms with E-state index >= 15 is 0 Å². The maximum Gasteiger partial charge on any atom is 0.261 e. The second-order valence-electron chi connectivity index (χ2n) is 7.23. The zero-order chi connectivity index (χ0) is 20.6. The molecule has 0 radical (unpaired) electrons. The first-order valence-corrected chi connectivity index (χ1v) is 11.7. The Bertz CT molecular complexity index is 1150. The van der Waals surface area contributed by atoms with Crippen LogP contribution in [0.2, 0.25) is 0 Å². The smallest absolute Gasteiger partial charge is 0.261 e. The largest absolute Gasteiger partial charge is 0.349 e. The Hall–Kier alpha value is -2.29. The summed E-state index contributed by atoms with van der Waals surface area (Å²) in [6, 6.07) is 13.1. The fourth-order valence-corrected chi connectivity index (χ4v) is 5.94. The molecule has 2 heterocycles. The van der Waals surface area contributed by atoms with E-state index in [4.69, 9.17) is 0 Å². The Balaban J connectivity index is 1.39. The molecule has 0 atom stereocenters. The zero-order valence-corrected chi connectivity index (χ0v) is 17.5. The van der Waals surface area contributed by atoms with E-state index in [9.17, 15) is 17.6 Å². The average Bonchev–Trinajstić information content (AvgIpc) is 3.15. The summed E-state index contributed by atoms with van der Waals surface area (Å²) in [6.45, 7) is 2.61. The lowest BCUT2D eigenvalue weighted by Crippen LogP contribution is -2.46. The SMILES string of the molecule is Cc1ccc(S(=O)(=O)N2CCC(NC(=O)c3cc4c(F)cccc4s3)CC2)cc1. The van der Waals surface area contributed by atoms with Gasteiger partial charge in [-0.25, -0.2) is 12.8 Å². The molecule has 3 aromatic rings. The van der Waals surface area contributed by atoms with Crippen LogP contribution in [0.25, 0.3) is 10.1 Å². The average molecular weight is 433 g/mol. The molecule has 2 aromatic carbocycles. The quantitative estimate of drug-likeness (QED) is 0.679. The third-order valence-corrected chi connectivity index (χ3v) is 8.19. The predicted molar refractivity (Wildman–Crippen MR) is 112 cm³/mol. The van der Waals surface area contributed by atoms with Crippen LogP contribution in [0.4, 0.5) is 4.39 Å². The molecule has 1 saturated heterocycles. The lowest BCUT2D eigenvalue weighted by Gasteiger charge is -2.31. The van der Waals surface area contributed by atoms with Crippen molar-refractivity contribution in [1.82, 2.24) is 9.62 Å². The molecule has 0 unspecified atom stereocenters. The number of nitrogens with one attached hydrogen (secondary N) is 1. The number of halogens is 1. The van der Waals surface area contributed by atoms with Crippen molar-refractivity contribution in [2.75, 3.05) is 13.1 Å². The second kappa shape index (κ2) is 7.85. The van der Waals surface area contributed by atoms with E-state index < -0.39 is 10.0 Å². The van der Waals surface area contributed by atoms with E-state index in [1.807, 2.05) is 6.92 Å². The standard InChI is InChI=1S/C21H21FN2O3S2/c1-14-5-7-16(8-6-14)29(26,27)24-11-9-15(10-12-24)23-21(25)20-13-17-18(22)3-2-4-19(17)28-20/h2-8,13,15H,9-12H2,1H3,(H,23,25). The highest BCUT2D eigenvalue weighted by molar-refractivity contribution is 7.89. The van der Waals surface area contributed by atoms with Crippen molar-refractivity contribution in [3.8, 4) is 0 Å². The third-order valence-electron chi connectivity index (χ3n) is 5.18. The number of carbonyl (C=O) groups excluding carboxylic acids is 1. The summed E-state index contributed by atoms with van der Waals surface area (Å²) in [7, 11) is -3.52. The van der Waals surface area contributed by atoms with Gasteiger partial charge in [0, 0.05) is 29.2 Å². The first kappa shape index (κ1) is 20.0. The molecule has 1 aromatic heterocycles. The van der Waals surface area contributed by atoms with Crippen LogP contribution in [0, 0.1) is 12.7 Å². The molecule has 0 bridgehead atoms. The molecular formula is C21H21FN2O3S2. The van der Waals surface area contributed by atoms with Crippen molar-refractivity contribution in [3.05, 3.63) is 64.8 Å². The van der Waals surface area contributed by atoms with Gasteiger partial charge in [0.05, 0.1) is 9.77 Å². The van der Waals surface area contributed by atoms with Crippen LogP contribution in [-0.4, -0.2) is 37.8 Å². The molecule has 0 spiro atoms. The molecule has 1 N–H and O–H groups in total. The van der Waals surface area contributed by atoms with Gasteiger partial charge in [-0.05, 0) is 50.1 Å².